The molecule has 1 aromatic heterocycles. The fourth-order valence-electron chi connectivity index (χ4n) is 4.20. The number of fused-ring (bicyclic) bond motifs is 1. The van der Waals surface area contributed by atoms with Crippen LogP contribution in [0.3, 0.4) is 0 Å². The van der Waals surface area contributed by atoms with Crippen LogP contribution in [0.25, 0.3) is 10.9 Å². The van der Waals surface area contributed by atoms with E-state index >= 15 is 0 Å². The zero-order valence-corrected chi connectivity index (χ0v) is 15.0. The number of hydrogen-bond donors (Lipinski definition) is 1. The van der Waals surface area contributed by atoms with Gasteiger partial charge in [0.05, 0.1) is 6.61 Å². The van der Waals surface area contributed by atoms with Crippen molar-refractivity contribution in [2.24, 2.45) is 5.92 Å². The lowest BCUT2D eigenvalue weighted by atomic mass is 9.79. The lowest BCUT2D eigenvalue weighted by Gasteiger charge is -2.35. The molecule has 130 valence electrons. The normalized spacial score (nSPS) is 17.3. The van der Waals surface area contributed by atoms with Crippen LogP contribution in [-0.2, 0) is 4.74 Å². The van der Waals surface area contributed by atoms with Gasteiger partial charge in [0.25, 0.3) is 0 Å². The van der Waals surface area contributed by atoms with Crippen LogP contribution in [0.5, 0.6) is 0 Å². The second-order valence-corrected chi connectivity index (χ2v) is 6.99. The minimum atomic E-state index is -0.244. The third-order valence-corrected chi connectivity index (χ3v) is 5.17. The molecule has 1 fully saturated rings. The number of carbonyl (C=O) groups is 1. The second kappa shape index (κ2) is 7.39. The number of carbonyl (C=O) groups excluding carboxylic acids is 1. The summed E-state index contributed by atoms with van der Waals surface area (Å²) < 4.78 is 5.33. The van der Waals surface area contributed by atoms with Gasteiger partial charge in [-0.3, -0.25) is 0 Å². The summed E-state index contributed by atoms with van der Waals surface area (Å²) in [7, 11) is 4.24. The van der Waals surface area contributed by atoms with Crippen molar-refractivity contribution in [2.75, 3.05) is 20.7 Å². The van der Waals surface area contributed by atoms with Crippen molar-refractivity contribution in [3.05, 3.63) is 35.5 Å². The quantitative estimate of drug-likeness (QED) is 0.820. The second-order valence-electron chi connectivity index (χ2n) is 6.99. The molecule has 1 N–H and O–H groups in total. The molecule has 1 saturated carbocycles. The minimum Gasteiger partial charge on any atom is -0.461 e. The molecule has 0 amide bonds. The molecule has 1 unspecified atom stereocenters. The van der Waals surface area contributed by atoms with E-state index in [0.717, 1.165) is 16.5 Å². The number of nitrogens with zero attached hydrogens (tertiary/aromatic N) is 1. The standard InChI is InChI=1S/C20H28N2O2/c1-4-24-20(23)18-17(15-12-8-9-13-16(15)21-18)19(22(2)3)14-10-6-5-7-11-14/h8-9,12-14,19,21H,4-7,10-11H2,1-3H3. The van der Waals surface area contributed by atoms with Crippen LogP contribution in [-0.4, -0.2) is 36.6 Å². The Bertz CT molecular complexity index is 699. The van der Waals surface area contributed by atoms with E-state index < -0.39 is 0 Å². The summed E-state index contributed by atoms with van der Waals surface area (Å²) in [5.41, 5.74) is 2.75. The van der Waals surface area contributed by atoms with Crippen molar-refractivity contribution in [1.82, 2.24) is 9.88 Å². The number of H-pyrrole nitrogens is 1. The zero-order valence-electron chi connectivity index (χ0n) is 15.0. The summed E-state index contributed by atoms with van der Waals surface area (Å²) in [6, 6.07) is 8.43. The van der Waals surface area contributed by atoms with Gasteiger partial charge in [0, 0.05) is 22.5 Å². The summed E-state index contributed by atoms with van der Waals surface area (Å²) in [5.74, 6) is 0.340. The predicted octanol–water partition coefficient (Wildman–Crippen LogP) is 4.53. The average molecular weight is 328 g/mol. The monoisotopic (exact) mass is 328 g/mol. The highest BCUT2D eigenvalue weighted by Gasteiger charge is 2.33. The first kappa shape index (κ1) is 17.0. The Kier molecular flexibility index (Phi) is 5.24. The first-order valence-corrected chi connectivity index (χ1v) is 9.07. The minimum absolute atomic E-state index is 0.237. The van der Waals surface area contributed by atoms with Crippen LogP contribution in [0.4, 0.5) is 0 Å². The topological polar surface area (TPSA) is 45.3 Å². The molecule has 0 spiro atoms. The molecule has 0 bridgehead atoms. The molecule has 1 aliphatic rings. The van der Waals surface area contributed by atoms with Gasteiger partial charge < -0.3 is 14.6 Å². The lowest BCUT2D eigenvalue weighted by Crippen LogP contribution is -2.30. The highest BCUT2D eigenvalue weighted by atomic mass is 16.5. The molecule has 1 aromatic carbocycles. The molecular weight excluding hydrogens is 300 g/mol. The van der Waals surface area contributed by atoms with E-state index in [1.165, 1.54) is 32.1 Å². The van der Waals surface area contributed by atoms with Gasteiger partial charge in [0.15, 0.2) is 0 Å². The molecule has 0 saturated heterocycles. The SMILES string of the molecule is CCOC(=O)c1[nH]c2ccccc2c1C(C1CCCCC1)N(C)C. The molecule has 1 aliphatic carbocycles. The van der Waals surface area contributed by atoms with Gasteiger partial charge in [-0.05, 0) is 45.8 Å². The van der Waals surface area contributed by atoms with Gasteiger partial charge in [-0.1, -0.05) is 37.5 Å². The van der Waals surface area contributed by atoms with E-state index in [-0.39, 0.29) is 12.0 Å². The number of ether oxygens (including phenoxy) is 1. The van der Waals surface area contributed by atoms with Crippen molar-refractivity contribution < 1.29 is 9.53 Å². The molecule has 3 rings (SSSR count). The summed E-state index contributed by atoms with van der Waals surface area (Å²) >= 11 is 0. The number of para-hydroxylation sites is 1. The van der Waals surface area contributed by atoms with E-state index in [9.17, 15) is 4.79 Å². The van der Waals surface area contributed by atoms with Gasteiger partial charge in [-0.25, -0.2) is 4.79 Å². The van der Waals surface area contributed by atoms with Crippen molar-refractivity contribution in [3.8, 4) is 0 Å². The number of esters is 1. The van der Waals surface area contributed by atoms with Gasteiger partial charge in [-0.2, -0.15) is 0 Å². The highest BCUT2D eigenvalue weighted by Crippen LogP contribution is 2.41. The van der Waals surface area contributed by atoms with Crippen LogP contribution in [0.2, 0.25) is 0 Å². The third kappa shape index (κ3) is 3.20. The summed E-state index contributed by atoms with van der Waals surface area (Å²) in [5, 5.41) is 1.14. The largest absolute Gasteiger partial charge is 0.461 e. The van der Waals surface area contributed by atoms with Crippen LogP contribution < -0.4 is 0 Å². The first-order valence-electron chi connectivity index (χ1n) is 9.07. The lowest BCUT2D eigenvalue weighted by molar-refractivity contribution is 0.0515. The Balaban J connectivity index is 2.12. The smallest absolute Gasteiger partial charge is 0.355 e. The Morgan fingerprint density at radius 2 is 1.96 bits per heavy atom. The van der Waals surface area contributed by atoms with E-state index in [4.69, 9.17) is 4.74 Å². The average Bonchev–Trinajstić information content (AvgIpc) is 2.96. The van der Waals surface area contributed by atoms with Crippen molar-refractivity contribution in [3.63, 3.8) is 0 Å². The molecule has 4 heteroatoms. The number of hydrogen-bond acceptors (Lipinski definition) is 3. The van der Waals surface area contributed by atoms with Gasteiger partial charge >= 0.3 is 5.97 Å². The van der Waals surface area contributed by atoms with Crippen molar-refractivity contribution in [1.29, 1.82) is 0 Å². The maximum Gasteiger partial charge on any atom is 0.355 e. The van der Waals surface area contributed by atoms with Crippen LogP contribution in [0.1, 0.15) is 61.1 Å². The van der Waals surface area contributed by atoms with E-state index in [1.807, 2.05) is 25.1 Å². The fraction of sp³-hybridized carbons (Fsp3) is 0.550. The Labute approximate surface area is 144 Å². The first-order chi connectivity index (χ1) is 11.6. The molecule has 0 aliphatic heterocycles. The van der Waals surface area contributed by atoms with Gasteiger partial charge in [0.2, 0.25) is 0 Å². The van der Waals surface area contributed by atoms with E-state index in [2.05, 4.69) is 30.0 Å². The van der Waals surface area contributed by atoms with Crippen LogP contribution in [0, 0.1) is 5.92 Å². The molecule has 0 radical (unpaired) electrons. The van der Waals surface area contributed by atoms with Crippen LogP contribution in [0.15, 0.2) is 24.3 Å². The Morgan fingerprint density at radius 1 is 1.25 bits per heavy atom. The molecule has 24 heavy (non-hydrogen) atoms. The molecule has 2 aromatic rings. The highest BCUT2D eigenvalue weighted by molar-refractivity contribution is 5.98. The molecule has 1 heterocycles. The summed E-state index contributed by atoms with van der Waals surface area (Å²) in [6.07, 6.45) is 6.35. The third-order valence-electron chi connectivity index (χ3n) is 5.17. The van der Waals surface area contributed by atoms with Crippen molar-refractivity contribution in [2.45, 2.75) is 45.1 Å². The number of nitrogens with one attached hydrogen (secondary N) is 1. The molecular formula is C20H28N2O2. The number of aromatic amines is 1. The van der Waals surface area contributed by atoms with Gasteiger partial charge in [-0.15, -0.1) is 0 Å². The number of rotatable bonds is 5. The molecule has 1 atom stereocenters. The predicted molar refractivity (Wildman–Crippen MR) is 97.3 cm³/mol. The van der Waals surface area contributed by atoms with E-state index in [1.54, 1.807) is 0 Å². The maximum atomic E-state index is 12.6. The zero-order chi connectivity index (χ0) is 17.1. The maximum absolute atomic E-state index is 12.6. The summed E-state index contributed by atoms with van der Waals surface area (Å²) in [6.45, 7) is 2.24. The Morgan fingerprint density at radius 3 is 2.62 bits per heavy atom. The Hall–Kier alpha value is -1.81. The van der Waals surface area contributed by atoms with E-state index in [0.29, 0.717) is 18.2 Å². The molecule has 4 nitrogen and oxygen atoms in total. The fourth-order valence-corrected chi connectivity index (χ4v) is 4.20. The number of aromatic nitrogens is 1. The van der Waals surface area contributed by atoms with Crippen molar-refractivity contribution >= 4 is 16.9 Å². The van der Waals surface area contributed by atoms with Gasteiger partial charge in [0.1, 0.15) is 5.69 Å². The number of benzene rings is 1. The summed E-state index contributed by atoms with van der Waals surface area (Å²) in [4.78, 5) is 18.2. The van der Waals surface area contributed by atoms with Crippen LogP contribution >= 0.6 is 0 Å².